The molecule has 0 radical (unpaired) electrons. The molecule has 0 N–H and O–H groups in total. The summed E-state index contributed by atoms with van der Waals surface area (Å²) in [4.78, 5) is 14.7. The van der Waals surface area contributed by atoms with Crippen molar-refractivity contribution in [3.05, 3.63) is 57.8 Å². The molecule has 1 spiro atoms. The third-order valence-electron chi connectivity index (χ3n) is 6.15. The lowest BCUT2D eigenvalue weighted by molar-refractivity contribution is 0.0218. The predicted octanol–water partition coefficient (Wildman–Crippen LogP) is 3.78. The first-order valence-corrected chi connectivity index (χ1v) is 10.5. The number of ether oxygens (including phenoxy) is 3. The number of nitrogens with zero attached hydrogens (tertiary/aromatic N) is 1. The van der Waals surface area contributed by atoms with Gasteiger partial charge in [-0.15, -0.1) is 0 Å². The van der Waals surface area contributed by atoms with Crippen molar-refractivity contribution in [1.29, 1.82) is 0 Å². The van der Waals surface area contributed by atoms with Crippen LogP contribution in [0.15, 0.2) is 41.1 Å². The molecule has 28 heavy (non-hydrogen) atoms. The third kappa shape index (κ3) is 2.66. The molecule has 0 saturated carbocycles. The predicted molar refractivity (Wildman–Crippen MR) is 107 cm³/mol. The quantitative estimate of drug-likeness (QED) is 0.583. The summed E-state index contributed by atoms with van der Waals surface area (Å²) in [6.07, 6.45) is 5.55. The molecule has 0 fully saturated rings. The van der Waals surface area contributed by atoms with Crippen LogP contribution in [0, 0.1) is 0 Å². The van der Waals surface area contributed by atoms with E-state index < -0.39 is 0 Å². The lowest BCUT2D eigenvalue weighted by Crippen LogP contribution is -2.43. The van der Waals surface area contributed by atoms with Gasteiger partial charge in [0.05, 0.1) is 18.1 Å². The summed E-state index contributed by atoms with van der Waals surface area (Å²) < 4.78 is 17.8. The van der Waals surface area contributed by atoms with Crippen LogP contribution in [0.4, 0.5) is 0 Å². The second-order valence-electron chi connectivity index (χ2n) is 7.82. The zero-order chi connectivity index (χ0) is 19.3. The molecule has 5 nitrogen and oxygen atoms in total. The zero-order valence-corrected chi connectivity index (χ0v) is 16.8. The summed E-state index contributed by atoms with van der Waals surface area (Å²) in [5, 5.41) is 3.70. The molecule has 1 aromatic heterocycles. The second kappa shape index (κ2) is 6.64. The van der Waals surface area contributed by atoms with Gasteiger partial charge in [0.15, 0.2) is 11.5 Å². The molecule has 0 amide bonds. The van der Waals surface area contributed by atoms with E-state index in [2.05, 4.69) is 24.1 Å². The van der Waals surface area contributed by atoms with Gasteiger partial charge in [-0.05, 0) is 49.2 Å². The zero-order valence-electron chi connectivity index (χ0n) is 16.0. The third-order valence-corrected chi connectivity index (χ3v) is 6.83. The Morgan fingerprint density at radius 3 is 3.04 bits per heavy atom. The maximum Gasteiger partial charge on any atom is 0.339 e. The molecule has 2 aromatic rings. The van der Waals surface area contributed by atoms with E-state index in [0.29, 0.717) is 12.0 Å². The Morgan fingerprint density at radius 1 is 1.36 bits per heavy atom. The first kappa shape index (κ1) is 17.8. The fourth-order valence-corrected chi connectivity index (χ4v) is 5.36. The van der Waals surface area contributed by atoms with Crippen LogP contribution in [0.2, 0.25) is 0 Å². The maximum atomic E-state index is 12.4. The highest BCUT2D eigenvalue weighted by atomic mass is 32.1. The molecule has 2 aliphatic heterocycles. The van der Waals surface area contributed by atoms with E-state index in [1.165, 1.54) is 22.5 Å². The summed E-state index contributed by atoms with van der Waals surface area (Å²) in [5.41, 5.74) is 2.96. The number of thiophene rings is 1. The molecule has 1 aromatic carbocycles. The molecule has 3 atom stereocenters. The summed E-state index contributed by atoms with van der Waals surface area (Å²) >= 11 is 1.49. The van der Waals surface area contributed by atoms with Gasteiger partial charge in [0.1, 0.15) is 12.2 Å². The average molecular weight is 397 g/mol. The van der Waals surface area contributed by atoms with E-state index in [-0.39, 0.29) is 23.6 Å². The van der Waals surface area contributed by atoms with Gasteiger partial charge < -0.3 is 19.1 Å². The van der Waals surface area contributed by atoms with Crippen LogP contribution in [-0.2, 0) is 16.7 Å². The molecular weight excluding hydrogens is 374 g/mol. The van der Waals surface area contributed by atoms with Gasteiger partial charge in [-0.3, -0.25) is 0 Å². The van der Waals surface area contributed by atoms with Crippen molar-refractivity contribution in [2.75, 3.05) is 20.7 Å². The van der Waals surface area contributed by atoms with Gasteiger partial charge in [-0.2, -0.15) is 11.3 Å². The first-order chi connectivity index (χ1) is 13.6. The van der Waals surface area contributed by atoms with E-state index in [4.69, 9.17) is 14.2 Å². The molecule has 5 rings (SSSR count). The Bertz CT molecular complexity index is 938. The van der Waals surface area contributed by atoms with E-state index in [9.17, 15) is 4.79 Å². The second-order valence-corrected chi connectivity index (χ2v) is 8.60. The standard InChI is InChI=1S/C22H23NO4S/c1-23-9-8-22-7-5-16(26-21(24)15-6-10-28-13-15)11-18(22)27-20-17(25-2)4-3-14(12-23)19(20)22/h3-7,10,13,16,18H,8-9,11-12H2,1-2H3/t16?,18-,22-/m0/s1. The Hall–Kier alpha value is -2.31. The molecule has 6 heteroatoms. The largest absolute Gasteiger partial charge is 0.493 e. The number of methoxy groups -OCH3 is 1. The Labute approximate surface area is 168 Å². The number of hydrogen-bond acceptors (Lipinski definition) is 6. The van der Waals surface area contributed by atoms with Crippen LogP contribution < -0.4 is 9.47 Å². The number of carbonyl (C=O) groups is 1. The fourth-order valence-electron chi connectivity index (χ4n) is 4.74. The highest BCUT2D eigenvalue weighted by molar-refractivity contribution is 7.08. The fraction of sp³-hybridized carbons (Fsp3) is 0.409. The maximum absolute atomic E-state index is 12.4. The van der Waals surface area contributed by atoms with Gasteiger partial charge in [-0.25, -0.2) is 4.79 Å². The van der Waals surface area contributed by atoms with Crippen molar-refractivity contribution in [1.82, 2.24) is 4.90 Å². The van der Waals surface area contributed by atoms with Crippen LogP contribution in [0.5, 0.6) is 11.5 Å². The highest BCUT2D eigenvalue weighted by Gasteiger charge is 2.53. The van der Waals surface area contributed by atoms with Crippen molar-refractivity contribution < 1.29 is 19.0 Å². The monoisotopic (exact) mass is 397 g/mol. The van der Waals surface area contributed by atoms with Crippen LogP contribution >= 0.6 is 11.3 Å². The van der Waals surface area contributed by atoms with E-state index in [0.717, 1.165) is 31.0 Å². The number of benzene rings is 1. The van der Waals surface area contributed by atoms with Gasteiger partial charge in [-0.1, -0.05) is 12.1 Å². The lowest BCUT2D eigenvalue weighted by atomic mass is 9.69. The molecule has 0 bridgehead atoms. The Kier molecular flexibility index (Phi) is 4.21. The lowest BCUT2D eigenvalue weighted by Gasteiger charge is -2.36. The van der Waals surface area contributed by atoms with E-state index in [1.54, 1.807) is 13.2 Å². The van der Waals surface area contributed by atoms with Crippen molar-refractivity contribution >= 4 is 17.3 Å². The minimum atomic E-state index is -0.284. The number of esters is 1. The van der Waals surface area contributed by atoms with Crippen molar-refractivity contribution in [2.24, 2.45) is 0 Å². The van der Waals surface area contributed by atoms with Crippen LogP contribution in [0.3, 0.4) is 0 Å². The molecular formula is C22H23NO4S. The van der Waals surface area contributed by atoms with Crippen LogP contribution in [0.1, 0.15) is 34.3 Å². The van der Waals surface area contributed by atoms with Crippen molar-refractivity contribution in [3.8, 4) is 11.5 Å². The first-order valence-electron chi connectivity index (χ1n) is 9.59. The van der Waals surface area contributed by atoms with E-state index in [1.807, 2.05) is 22.9 Å². The average Bonchev–Trinajstić information content (AvgIpc) is 3.30. The van der Waals surface area contributed by atoms with Crippen LogP contribution in [-0.4, -0.2) is 43.8 Å². The normalized spacial score (nSPS) is 28.1. The number of hydrogen-bond donors (Lipinski definition) is 0. The molecule has 146 valence electrons. The molecule has 3 heterocycles. The van der Waals surface area contributed by atoms with Gasteiger partial charge in [0.25, 0.3) is 0 Å². The SMILES string of the molecule is COc1ccc2c3c1O[C@H]1CC(OC(=O)c4ccsc4)C=C[C@@]31CCN(C)C2. The molecule has 1 unspecified atom stereocenters. The van der Waals surface area contributed by atoms with Crippen molar-refractivity contribution in [3.63, 3.8) is 0 Å². The molecule has 1 aliphatic carbocycles. The molecule has 3 aliphatic rings. The summed E-state index contributed by atoms with van der Waals surface area (Å²) in [7, 11) is 3.84. The van der Waals surface area contributed by atoms with Crippen LogP contribution in [0.25, 0.3) is 0 Å². The van der Waals surface area contributed by atoms with Gasteiger partial charge in [0, 0.05) is 23.9 Å². The topological polar surface area (TPSA) is 48.0 Å². The van der Waals surface area contributed by atoms with Crippen molar-refractivity contribution in [2.45, 2.75) is 37.0 Å². The number of carbonyl (C=O) groups excluding carboxylic acids is 1. The van der Waals surface area contributed by atoms with E-state index >= 15 is 0 Å². The summed E-state index contributed by atoms with van der Waals surface area (Å²) in [6.45, 7) is 1.88. The summed E-state index contributed by atoms with van der Waals surface area (Å²) in [5.74, 6) is 1.35. The Morgan fingerprint density at radius 2 is 2.25 bits per heavy atom. The summed E-state index contributed by atoms with van der Waals surface area (Å²) in [6, 6.07) is 5.95. The smallest absolute Gasteiger partial charge is 0.339 e. The minimum Gasteiger partial charge on any atom is -0.493 e. The highest BCUT2D eigenvalue weighted by Crippen LogP contribution is 2.55. The number of rotatable bonds is 3. The minimum absolute atomic E-state index is 0.0608. The van der Waals surface area contributed by atoms with Gasteiger partial charge in [0.2, 0.25) is 0 Å². The molecule has 0 saturated heterocycles. The van der Waals surface area contributed by atoms with Gasteiger partial charge >= 0.3 is 5.97 Å². The Balaban J connectivity index is 1.50.